The van der Waals surface area contributed by atoms with Crippen molar-refractivity contribution in [2.75, 3.05) is 12.9 Å². The third-order valence-electron chi connectivity index (χ3n) is 4.02. The molecular weight excluding hydrogens is 412 g/mol. The molecule has 2 rings (SSSR count). The fraction of sp³-hybridized carbons (Fsp3) is 0.625. The first-order valence-electron chi connectivity index (χ1n) is 8.61. The second-order valence-corrected chi connectivity index (χ2v) is 7.98. The van der Waals surface area contributed by atoms with Crippen molar-refractivity contribution in [1.29, 1.82) is 0 Å². The van der Waals surface area contributed by atoms with Crippen molar-refractivity contribution >= 4 is 22.1 Å². The predicted molar refractivity (Wildman–Crippen MR) is 96.5 cm³/mol. The van der Waals surface area contributed by atoms with Gasteiger partial charge >= 0.3 is 17.6 Å². The van der Waals surface area contributed by atoms with Crippen molar-refractivity contribution in [3.05, 3.63) is 32.6 Å². The van der Waals surface area contributed by atoms with Crippen LogP contribution in [0.15, 0.2) is 15.8 Å². The van der Waals surface area contributed by atoms with E-state index in [-0.39, 0.29) is 5.56 Å². The lowest BCUT2D eigenvalue weighted by Gasteiger charge is -2.23. The fourth-order valence-corrected chi connectivity index (χ4v) is 3.51. The smallest absolute Gasteiger partial charge is 0.330 e. The van der Waals surface area contributed by atoms with Gasteiger partial charge in [0.15, 0.2) is 12.3 Å². The molecule has 0 unspecified atom stereocenters. The van der Waals surface area contributed by atoms with Crippen LogP contribution in [-0.2, 0) is 44.5 Å². The number of nitrogens with one attached hydrogen (secondary N) is 1. The van der Waals surface area contributed by atoms with E-state index in [0.717, 1.165) is 24.7 Å². The summed E-state index contributed by atoms with van der Waals surface area (Å²) in [5.41, 5.74) is -1.20. The minimum Gasteiger partial charge on any atom is -0.463 e. The Morgan fingerprint density at radius 2 is 1.86 bits per heavy atom. The quantitative estimate of drug-likeness (QED) is 0.409. The van der Waals surface area contributed by atoms with E-state index in [4.69, 9.17) is 18.4 Å². The first-order valence-corrected chi connectivity index (χ1v) is 10.4. The summed E-state index contributed by atoms with van der Waals surface area (Å²) < 4.78 is 45.2. The van der Waals surface area contributed by atoms with E-state index in [1.54, 1.807) is 6.92 Å². The van der Waals surface area contributed by atoms with Gasteiger partial charge in [0.2, 0.25) is 0 Å². The van der Waals surface area contributed by atoms with Crippen LogP contribution in [0.4, 0.5) is 0 Å². The third-order valence-corrected chi connectivity index (χ3v) is 4.59. The second kappa shape index (κ2) is 8.88. The summed E-state index contributed by atoms with van der Waals surface area (Å²) in [7, 11) is -4.04. The van der Waals surface area contributed by atoms with Gasteiger partial charge in [-0.15, -0.1) is 0 Å². The van der Waals surface area contributed by atoms with Crippen molar-refractivity contribution in [1.82, 2.24) is 9.55 Å². The molecule has 0 saturated carbocycles. The number of aromatic amines is 1. The molecule has 4 atom stereocenters. The fourth-order valence-electron chi connectivity index (χ4n) is 2.87. The number of esters is 2. The lowest BCUT2D eigenvalue weighted by Crippen LogP contribution is -2.43. The third kappa shape index (κ3) is 5.74. The van der Waals surface area contributed by atoms with E-state index in [0.29, 0.717) is 6.42 Å². The van der Waals surface area contributed by atoms with Gasteiger partial charge in [-0.1, -0.05) is 6.92 Å². The summed E-state index contributed by atoms with van der Waals surface area (Å²) in [5, 5.41) is 0. The zero-order valence-electron chi connectivity index (χ0n) is 16.2. The summed E-state index contributed by atoms with van der Waals surface area (Å²) in [5.74, 6) is -1.44. The molecule has 1 aliphatic rings. The van der Waals surface area contributed by atoms with Crippen molar-refractivity contribution in [3.8, 4) is 0 Å². The molecule has 0 spiro atoms. The van der Waals surface area contributed by atoms with Crippen molar-refractivity contribution in [2.24, 2.45) is 0 Å². The number of carbonyl (C=O) groups excluding carboxylic acids is 2. The maximum atomic E-state index is 12.3. The molecule has 0 aromatic carbocycles. The Morgan fingerprint density at radius 3 is 2.38 bits per heavy atom. The van der Waals surface area contributed by atoms with Crippen LogP contribution in [0, 0.1) is 0 Å². The van der Waals surface area contributed by atoms with Crippen molar-refractivity contribution in [2.45, 2.75) is 51.7 Å². The van der Waals surface area contributed by atoms with Crippen molar-refractivity contribution in [3.63, 3.8) is 0 Å². The van der Waals surface area contributed by atoms with Crippen LogP contribution < -0.4 is 11.2 Å². The Kier molecular flexibility index (Phi) is 6.97. The Balaban J connectivity index is 2.54. The first-order chi connectivity index (χ1) is 13.4. The summed E-state index contributed by atoms with van der Waals surface area (Å²) in [6.45, 7) is 3.50. The summed E-state index contributed by atoms with van der Waals surface area (Å²) in [6, 6.07) is 0. The van der Waals surface area contributed by atoms with E-state index in [2.05, 4.69) is 4.98 Å². The minimum atomic E-state index is -4.04. The first kappa shape index (κ1) is 22.8. The van der Waals surface area contributed by atoms with E-state index in [9.17, 15) is 27.6 Å². The van der Waals surface area contributed by atoms with E-state index in [1.165, 1.54) is 6.20 Å². The minimum absolute atomic E-state index is 0.249. The number of aryl methyl sites for hydroxylation is 1. The molecule has 2 heterocycles. The number of hydrogen-bond acceptors (Lipinski definition) is 10. The van der Waals surface area contributed by atoms with Gasteiger partial charge < -0.3 is 14.2 Å². The van der Waals surface area contributed by atoms with Gasteiger partial charge in [0.25, 0.3) is 15.7 Å². The number of hydrogen-bond donors (Lipinski definition) is 1. The van der Waals surface area contributed by atoms with Gasteiger partial charge in [0.1, 0.15) is 18.8 Å². The average Bonchev–Trinajstić information content (AvgIpc) is 2.88. The zero-order valence-corrected chi connectivity index (χ0v) is 17.1. The number of aromatic nitrogens is 2. The zero-order chi connectivity index (χ0) is 21.9. The summed E-state index contributed by atoms with van der Waals surface area (Å²) in [6.07, 6.45) is -2.98. The van der Waals surface area contributed by atoms with Crippen LogP contribution >= 0.6 is 0 Å². The molecular formula is C16H22N2O10S. The molecule has 1 saturated heterocycles. The maximum absolute atomic E-state index is 12.3. The monoisotopic (exact) mass is 434 g/mol. The largest absolute Gasteiger partial charge is 0.463 e. The molecule has 162 valence electrons. The molecule has 0 bridgehead atoms. The molecule has 0 radical (unpaired) electrons. The van der Waals surface area contributed by atoms with Gasteiger partial charge in [0.05, 0.1) is 6.26 Å². The summed E-state index contributed by atoms with van der Waals surface area (Å²) in [4.78, 5) is 49.1. The molecule has 0 aliphatic carbocycles. The topological polar surface area (TPSA) is 160 Å². The highest BCUT2D eigenvalue weighted by atomic mass is 32.2. The average molecular weight is 434 g/mol. The molecule has 29 heavy (non-hydrogen) atoms. The SMILES string of the molecule is CCc1cn([C@@H]2O[C@H](COC(C)=O)[C@H](OS(C)(=O)=O)[C@H]2OC(C)=O)c(=O)[nH]c1=O. The highest BCUT2D eigenvalue weighted by molar-refractivity contribution is 7.86. The van der Waals surface area contributed by atoms with Crippen LogP contribution in [-0.4, -0.2) is 61.1 Å². The van der Waals surface area contributed by atoms with Gasteiger partial charge in [-0.2, -0.15) is 8.42 Å². The molecule has 1 N–H and O–H groups in total. The molecule has 0 amide bonds. The number of ether oxygens (including phenoxy) is 3. The lowest BCUT2D eigenvalue weighted by molar-refractivity contribution is -0.155. The molecule has 1 aliphatic heterocycles. The molecule has 1 aromatic heterocycles. The number of H-pyrrole nitrogens is 1. The number of nitrogens with zero attached hydrogens (tertiary/aromatic N) is 1. The Bertz CT molecular complexity index is 996. The maximum Gasteiger partial charge on any atom is 0.330 e. The molecule has 1 fully saturated rings. The van der Waals surface area contributed by atoms with E-state index in [1.807, 2.05) is 0 Å². The van der Waals surface area contributed by atoms with Crippen LogP contribution in [0.1, 0.15) is 32.6 Å². The van der Waals surface area contributed by atoms with Crippen LogP contribution in [0.25, 0.3) is 0 Å². The molecule has 12 nitrogen and oxygen atoms in total. The highest BCUT2D eigenvalue weighted by Gasteiger charge is 2.51. The second-order valence-electron chi connectivity index (χ2n) is 6.38. The normalized spacial score (nSPS) is 24.3. The van der Waals surface area contributed by atoms with E-state index >= 15 is 0 Å². The molecule has 13 heteroatoms. The van der Waals surface area contributed by atoms with Crippen LogP contribution in [0.2, 0.25) is 0 Å². The summed E-state index contributed by atoms with van der Waals surface area (Å²) >= 11 is 0. The van der Waals surface area contributed by atoms with Gasteiger partial charge in [-0.3, -0.25) is 28.1 Å². The molecule has 1 aromatic rings. The Hall–Kier alpha value is -2.51. The standard InChI is InChI=1S/C16H22N2O10S/c1-5-10-6-18(16(22)17-14(10)21)15-13(26-9(3)20)12(28-29(4,23)24)11(27-15)7-25-8(2)19/h6,11-13,15H,5,7H2,1-4H3,(H,17,21,22)/t11-,12+,13-,15-/m1/s1. The van der Waals surface area contributed by atoms with Gasteiger partial charge in [-0.05, 0) is 6.42 Å². The number of rotatable bonds is 7. The van der Waals surface area contributed by atoms with Gasteiger partial charge in [-0.25, -0.2) is 4.79 Å². The number of carbonyl (C=O) groups is 2. The Labute approximate surface area is 165 Å². The predicted octanol–water partition coefficient (Wildman–Crippen LogP) is -1.16. The van der Waals surface area contributed by atoms with Gasteiger partial charge in [0, 0.05) is 25.6 Å². The van der Waals surface area contributed by atoms with Crippen molar-refractivity contribution < 1.29 is 36.4 Å². The van der Waals surface area contributed by atoms with Crippen LogP contribution in [0.5, 0.6) is 0 Å². The van der Waals surface area contributed by atoms with E-state index < -0.39 is 64.5 Å². The Morgan fingerprint density at radius 1 is 1.21 bits per heavy atom. The van der Waals surface area contributed by atoms with Crippen LogP contribution in [0.3, 0.4) is 0 Å². The lowest BCUT2D eigenvalue weighted by atomic mass is 10.1. The highest BCUT2D eigenvalue weighted by Crippen LogP contribution is 2.34.